The summed E-state index contributed by atoms with van der Waals surface area (Å²) < 4.78 is 0. The van der Waals surface area contributed by atoms with E-state index in [0.29, 0.717) is 6.42 Å². The fourth-order valence-electron chi connectivity index (χ4n) is 1.56. The van der Waals surface area contributed by atoms with Crippen molar-refractivity contribution in [3.05, 3.63) is 48.6 Å². The third-order valence-electron chi connectivity index (χ3n) is 2.37. The zero-order chi connectivity index (χ0) is 12.3. The lowest BCUT2D eigenvalue weighted by atomic mass is 10.0. The number of hydrogen-bond acceptors (Lipinski definition) is 3. The molecular formula is C14H18N2S. The van der Waals surface area contributed by atoms with Crippen molar-refractivity contribution >= 4 is 11.8 Å². The topological polar surface area (TPSA) is 35.8 Å². The minimum atomic E-state index is 0.144. The minimum Gasteiger partial charge on any atom is -0.308 e. The highest BCUT2D eigenvalue weighted by Crippen LogP contribution is 2.15. The fourth-order valence-corrected chi connectivity index (χ4v) is 2.15. The van der Waals surface area contributed by atoms with Crippen LogP contribution in [0.2, 0.25) is 0 Å². The van der Waals surface area contributed by atoms with Crippen molar-refractivity contribution in [3.8, 4) is 6.07 Å². The first kappa shape index (κ1) is 13.8. The van der Waals surface area contributed by atoms with Crippen LogP contribution in [0.1, 0.15) is 18.0 Å². The van der Waals surface area contributed by atoms with Crippen molar-refractivity contribution in [1.29, 1.82) is 5.26 Å². The average Bonchev–Trinajstić information content (AvgIpc) is 2.38. The van der Waals surface area contributed by atoms with Crippen molar-refractivity contribution < 1.29 is 0 Å². The molecule has 0 aliphatic heterocycles. The molecule has 17 heavy (non-hydrogen) atoms. The molecule has 0 spiro atoms. The van der Waals surface area contributed by atoms with E-state index in [4.69, 9.17) is 5.26 Å². The summed E-state index contributed by atoms with van der Waals surface area (Å²) in [4.78, 5) is 0. The fraction of sp³-hybridized carbons (Fsp3) is 0.357. The van der Waals surface area contributed by atoms with E-state index in [1.165, 1.54) is 5.56 Å². The molecule has 1 aromatic rings. The number of thioether (sulfide) groups is 1. The van der Waals surface area contributed by atoms with E-state index < -0.39 is 0 Å². The Kier molecular flexibility index (Phi) is 7.20. The van der Waals surface area contributed by atoms with Gasteiger partial charge in [-0.15, -0.1) is 6.58 Å². The highest BCUT2D eigenvalue weighted by molar-refractivity contribution is 7.99. The van der Waals surface area contributed by atoms with Gasteiger partial charge in [-0.3, -0.25) is 0 Å². The summed E-state index contributed by atoms with van der Waals surface area (Å²) in [6, 6.07) is 12.5. The van der Waals surface area contributed by atoms with Crippen molar-refractivity contribution in [2.24, 2.45) is 0 Å². The van der Waals surface area contributed by atoms with Gasteiger partial charge in [-0.2, -0.15) is 17.0 Å². The molecule has 3 heteroatoms. The van der Waals surface area contributed by atoms with Gasteiger partial charge in [-0.1, -0.05) is 36.4 Å². The van der Waals surface area contributed by atoms with Gasteiger partial charge in [0.15, 0.2) is 0 Å². The second kappa shape index (κ2) is 8.86. The molecular weight excluding hydrogens is 228 g/mol. The maximum Gasteiger partial charge on any atom is 0.0641 e. The molecule has 0 heterocycles. The van der Waals surface area contributed by atoms with Crippen LogP contribution in [-0.2, 0) is 0 Å². The van der Waals surface area contributed by atoms with Crippen LogP contribution in [0.25, 0.3) is 0 Å². The number of nitrogens with one attached hydrogen (secondary N) is 1. The first-order chi connectivity index (χ1) is 8.38. The Bertz CT molecular complexity index is 356. The van der Waals surface area contributed by atoms with E-state index in [1.54, 1.807) is 0 Å². The third-order valence-corrected chi connectivity index (χ3v) is 3.33. The lowest BCUT2D eigenvalue weighted by Gasteiger charge is -2.15. The Morgan fingerprint density at radius 3 is 2.82 bits per heavy atom. The Balaban J connectivity index is 2.39. The van der Waals surface area contributed by atoms with Crippen molar-refractivity contribution in [2.75, 3.05) is 18.1 Å². The van der Waals surface area contributed by atoms with Crippen LogP contribution in [0.5, 0.6) is 0 Å². The van der Waals surface area contributed by atoms with Crippen LogP contribution >= 0.6 is 11.8 Å². The molecule has 2 nitrogen and oxygen atoms in total. The standard InChI is InChI=1S/C14H18N2S/c1-2-11-17-12-10-16-14(8-9-15)13-6-4-3-5-7-13/h2-7,14,16H,1,8,10-12H2. The zero-order valence-electron chi connectivity index (χ0n) is 9.93. The highest BCUT2D eigenvalue weighted by Gasteiger charge is 2.08. The molecule has 0 amide bonds. The Morgan fingerprint density at radius 2 is 2.18 bits per heavy atom. The maximum absolute atomic E-state index is 8.83. The first-order valence-corrected chi connectivity index (χ1v) is 6.88. The second-order valence-electron chi connectivity index (χ2n) is 3.64. The Labute approximate surface area is 108 Å². The van der Waals surface area contributed by atoms with Crippen LogP contribution < -0.4 is 5.32 Å². The molecule has 90 valence electrons. The predicted octanol–water partition coefficient (Wildman–Crippen LogP) is 3.15. The molecule has 1 N–H and O–H groups in total. The van der Waals surface area contributed by atoms with Crippen LogP contribution in [0, 0.1) is 11.3 Å². The Morgan fingerprint density at radius 1 is 1.41 bits per heavy atom. The van der Waals surface area contributed by atoms with Crippen molar-refractivity contribution in [1.82, 2.24) is 5.32 Å². The number of nitrogens with zero attached hydrogens (tertiary/aromatic N) is 1. The number of rotatable bonds is 8. The summed E-state index contributed by atoms with van der Waals surface area (Å²) in [6.07, 6.45) is 2.42. The highest BCUT2D eigenvalue weighted by atomic mass is 32.2. The second-order valence-corrected chi connectivity index (χ2v) is 4.79. The summed E-state index contributed by atoms with van der Waals surface area (Å²) in [5.74, 6) is 2.02. The van der Waals surface area contributed by atoms with Crippen LogP contribution in [-0.4, -0.2) is 18.1 Å². The van der Waals surface area contributed by atoms with Crippen LogP contribution in [0.3, 0.4) is 0 Å². The van der Waals surface area contributed by atoms with Crippen molar-refractivity contribution in [2.45, 2.75) is 12.5 Å². The van der Waals surface area contributed by atoms with Gasteiger partial charge >= 0.3 is 0 Å². The van der Waals surface area contributed by atoms with Gasteiger partial charge in [-0.25, -0.2) is 0 Å². The van der Waals surface area contributed by atoms with E-state index >= 15 is 0 Å². The molecule has 0 saturated heterocycles. The molecule has 1 rings (SSSR count). The van der Waals surface area contributed by atoms with E-state index in [1.807, 2.05) is 36.0 Å². The molecule has 0 aliphatic carbocycles. The summed E-state index contributed by atoms with van der Waals surface area (Å²) >= 11 is 1.85. The zero-order valence-corrected chi connectivity index (χ0v) is 10.7. The average molecular weight is 246 g/mol. The largest absolute Gasteiger partial charge is 0.308 e. The molecule has 0 aliphatic rings. The SMILES string of the molecule is C=CCSCCNC(CC#N)c1ccccc1. The van der Waals surface area contributed by atoms with Gasteiger partial charge in [0.1, 0.15) is 0 Å². The lowest BCUT2D eigenvalue weighted by molar-refractivity contribution is 0.566. The smallest absolute Gasteiger partial charge is 0.0641 e. The van der Waals surface area contributed by atoms with Gasteiger partial charge in [0, 0.05) is 24.1 Å². The maximum atomic E-state index is 8.83. The molecule has 0 bridgehead atoms. The molecule has 1 unspecified atom stereocenters. The first-order valence-electron chi connectivity index (χ1n) is 5.72. The van der Waals surface area contributed by atoms with Crippen LogP contribution in [0.4, 0.5) is 0 Å². The lowest BCUT2D eigenvalue weighted by Crippen LogP contribution is -2.23. The molecule has 0 fully saturated rings. The van der Waals surface area contributed by atoms with Gasteiger partial charge in [-0.05, 0) is 5.56 Å². The van der Waals surface area contributed by atoms with E-state index in [9.17, 15) is 0 Å². The number of hydrogen-bond donors (Lipinski definition) is 1. The van der Waals surface area contributed by atoms with E-state index in [2.05, 4.69) is 30.1 Å². The summed E-state index contributed by atoms with van der Waals surface area (Å²) in [6.45, 7) is 4.60. The molecule has 1 atom stereocenters. The molecule has 0 radical (unpaired) electrons. The monoisotopic (exact) mass is 246 g/mol. The van der Waals surface area contributed by atoms with Gasteiger partial charge in [0.05, 0.1) is 12.5 Å². The van der Waals surface area contributed by atoms with Gasteiger partial charge < -0.3 is 5.32 Å². The van der Waals surface area contributed by atoms with Crippen LogP contribution in [0.15, 0.2) is 43.0 Å². The molecule has 1 aromatic carbocycles. The third kappa shape index (κ3) is 5.58. The summed E-state index contributed by atoms with van der Waals surface area (Å²) in [5, 5.41) is 12.2. The minimum absolute atomic E-state index is 0.144. The summed E-state index contributed by atoms with van der Waals surface area (Å²) in [5.41, 5.74) is 1.18. The Hall–Kier alpha value is -1.24. The number of nitriles is 1. The molecule has 0 aromatic heterocycles. The van der Waals surface area contributed by atoms with Gasteiger partial charge in [0.2, 0.25) is 0 Å². The quantitative estimate of drug-likeness (QED) is 0.565. The van der Waals surface area contributed by atoms with Gasteiger partial charge in [0.25, 0.3) is 0 Å². The summed E-state index contributed by atoms with van der Waals surface area (Å²) in [7, 11) is 0. The molecule has 0 saturated carbocycles. The predicted molar refractivity (Wildman–Crippen MR) is 74.9 cm³/mol. The number of benzene rings is 1. The normalized spacial score (nSPS) is 11.7. The van der Waals surface area contributed by atoms with E-state index in [-0.39, 0.29) is 6.04 Å². The van der Waals surface area contributed by atoms with E-state index in [0.717, 1.165) is 18.1 Å². The van der Waals surface area contributed by atoms with Crippen molar-refractivity contribution in [3.63, 3.8) is 0 Å².